The Morgan fingerprint density at radius 3 is 2.79 bits per heavy atom. The van der Waals surface area contributed by atoms with E-state index in [4.69, 9.17) is 4.42 Å². The highest BCUT2D eigenvalue weighted by Crippen LogP contribution is 2.16. The number of amides is 2. The zero-order valence-electron chi connectivity index (χ0n) is 13.3. The lowest BCUT2D eigenvalue weighted by molar-refractivity contribution is 0.0743. The van der Waals surface area contributed by atoms with Gasteiger partial charge in [0.15, 0.2) is 5.76 Å². The Hall–Kier alpha value is -2.31. The highest BCUT2D eigenvalue weighted by Gasteiger charge is 2.24. The highest BCUT2D eigenvalue weighted by atomic mass is 35.5. The summed E-state index contributed by atoms with van der Waals surface area (Å²) >= 11 is 0. The summed E-state index contributed by atoms with van der Waals surface area (Å²) in [7, 11) is 1.81. The zero-order valence-corrected chi connectivity index (χ0v) is 14.1. The van der Waals surface area contributed by atoms with Crippen LogP contribution in [0, 0.1) is 0 Å². The molecular formula is C17H20ClN3O3. The number of hydrogen-bond acceptors (Lipinski definition) is 4. The number of nitrogens with zero attached hydrogens (tertiary/aromatic N) is 1. The molecule has 2 amide bonds. The smallest absolute Gasteiger partial charge is 0.291 e. The van der Waals surface area contributed by atoms with E-state index in [1.807, 2.05) is 7.05 Å². The van der Waals surface area contributed by atoms with Crippen LogP contribution in [0.2, 0.25) is 0 Å². The molecule has 1 fully saturated rings. The third-order valence-corrected chi connectivity index (χ3v) is 4.01. The number of likely N-dealkylation sites (N-methyl/N-ethyl adjacent to an activating group) is 1. The lowest BCUT2D eigenvalue weighted by atomic mass is 10.1. The Morgan fingerprint density at radius 1 is 1.29 bits per heavy atom. The molecule has 128 valence electrons. The van der Waals surface area contributed by atoms with Crippen molar-refractivity contribution in [3.8, 4) is 0 Å². The van der Waals surface area contributed by atoms with E-state index in [0.717, 1.165) is 19.5 Å². The van der Waals surface area contributed by atoms with Crippen LogP contribution >= 0.6 is 12.4 Å². The molecule has 2 heterocycles. The number of anilines is 1. The molecule has 2 N–H and O–H groups in total. The largest absolute Gasteiger partial charge is 0.459 e. The molecule has 3 rings (SSSR count). The average Bonchev–Trinajstić information content (AvgIpc) is 3.26. The molecule has 1 aromatic heterocycles. The van der Waals surface area contributed by atoms with Crippen LogP contribution < -0.4 is 10.6 Å². The van der Waals surface area contributed by atoms with E-state index in [-0.39, 0.29) is 36.0 Å². The van der Waals surface area contributed by atoms with Crippen LogP contribution in [0.15, 0.2) is 47.1 Å². The monoisotopic (exact) mass is 349 g/mol. The molecule has 0 spiro atoms. The third kappa shape index (κ3) is 3.96. The van der Waals surface area contributed by atoms with Gasteiger partial charge in [0.2, 0.25) is 0 Å². The van der Waals surface area contributed by atoms with E-state index in [2.05, 4.69) is 10.6 Å². The molecule has 2 aromatic rings. The van der Waals surface area contributed by atoms with E-state index in [1.165, 1.54) is 6.26 Å². The number of hydrogen-bond donors (Lipinski definition) is 2. The number of rotatable bonds is 4. The van der Waals surface area contributed by atoms with Gasteiger partial charge in [0.25, 0.3) is 11.8 Å². The minimum absolute atomic E-state index is 0. The van der Waals surface area contributed by atoms with Gasteiger partial charge in [-0.25, -0.2) is 0 Å². The Morgan fingerprint density at radius 2 is 2.12 bits per heavy atom. The number of halogens is 1. The van der Waals surface area contributed by atoms with Crippen LogP contribution in [0.1, 0.15) is 27.3 Å². The summed E-state index contributed by atoms with van der Waals surface area (Å²) in [6, 6.07) is 10.4. The normalized spacial score (nSPS) is 16.3. The molecule has 0 radical (unpaired) electrons. The molecular weight excluding hydrogens is 330 g/mol. The van der Waals surface area contributed by atoms with Gasteiger partial charge >= 0.3 is 0 Å². The predicted molar refractivity (Wildman–Crippen MR) is 93.7 cm³/mol. The molecule has 1 unspecified atom stereocenters. The van der Waals surface area contributed by atoms with Gasteiger partial charge in [-0.2, -0.15) is 0 Å². The van der Waals surface area contributed by atoms with Gasteiger partial charge in [0.1, 0.15) is 0 Å². The third-order valence-electron chi connectivity index (χ3n) is 4.01. The molecule has 0 bridgehead atoms. The number of nitrogens with one attached hydrogen (secondary N) is 2. The summed E-state index contributed by atoms with van der Waals surface area (Å²) in [6.45, 7) is 1.75. The van der Waals surface area contributed by atoms with Crippen molar-refractivity contribution in [2.45, 2.75) is 12.5 Å². The van der Waals surface area contributed by atoms with E-state index in [0.29, 0.717) is 11.3 Å². The maximum absolute atomic E-state index is 12.6. The molecule has 0 aliphatic carbocycles. The van der Waals surface area contributed by atoms with Crippen LogP contribution in [0.3, 0.4) is 0 Å². The van der Waals surface area contributed by atoms with Gasteiger partial charge in [0, 0.05) is 30.9 Å². The summed E-state index contributed by atoms with van der Waals surface area (Å²) in [5.74, 6) is -0.156. The summed E-state index contributed by atoms with van der Waals surface area (Å²) in [5, 5.41) is 5.98. The van der Waals surface area contributed by atoms with Gasteiger partial charge in [-0.15, -0.1) is 12.4 Å². The van der Waals surface area contributed by atoms with E-state index in [9.17, 15) is 9.59 Å². The Labute approximate surface area is 146 Å². The summed E-state index contributed by atoms with van der Waals surface area (Å²) in [6.07, 6.45) is 2.40. The van der Waals surface area contributed by atoms with Crippen molar-refractivity contribution in [2.75, 3.05) is 25.5 Å². The van der Waals surface area contributed by atoms with E-state index in [1.54, 1.807) is 41.3 Å². The van der Waals surface area contributed by atoms with Crippen LogP contribution in [-0.2, 0) is 0 Å². The van der Waals surface area contributed by atoms with Gasteiger partial charge < -0.3 is 20.0 Å². The minimum Gasteiger partial charge on any atom is -0.459 e. The second-order valence-corrected chi connectivity index (χ2v) is 5.57. The zero-order chi connectivity index (χ0) is 16.2. The Kier molecular flexibility index (Phi) is 6.00. The fraction of sp³-hybridized carbons (Fsp3) is 0.294. The van der Waals surface area contributed by atoms with Crippen molar-refractivity contribution in [1.82, 2.24) is 10.2 Å². The fourth-order valence-electron chi connectivity index (χ4n) is 2.67. The first-order chi connectivity index (χ1) is 11.1. The molecule has 1 aliphatic rings. The summed E-state index contributed by atoms with van der Waals surface area (Å²) in [5.41, 5.74) is 1.12. The first-order valence-corrected chi connectivity index (χ1v) is 7.58. The first kappa shape index (κ1) is 18.0. The quantitative estimate of drug-likeness (QED) is 0.888. The molecule has 1 aliphatic heterocycles. The lowest BCUT2D eigenvalue weighted by Crippen LogP contribution is -2.38. The van der Waals surface area contributed by atoms with Crippen molar-refractivity contribution in [3.63, 3.8) is 0 Å². The molecule has 6 nitrogen and oxygen atoms in total. The van der Waals surface area contributed by atoms with E-state index >= 15 is 0 Å². The van der Waals surface area contributed by atoms with Crippen molar-refractivity contribution in [1.29, 1.82) is 0 Å². The predicted octanol–water partition coefficient (Wildman–Crippen LogP) is 2.39. The van der Waals surface area contributed by atoms with Crippen molar-refractivity contribution >= 4 is 29.9 Å². The van der Waals surface area contributed by atoms with Crippen LogP contribution in [0.4, 0.5) is 5.69 Å². The average molecular weight is 350 g/mol. The van der Waals surface area contributed by atoms with Crippen molar-refractivity contribution in [3.05, 3.63) is 54.0 Å². The Bertz CT molecular complexity index is 697. The maximum Gasteiger partial charge on any atom is 0.291 e. The molecule has 24 heavy (non-hydrogen) atoms. The Balaban J connectivity index is 0.00000208. The standard InChI is InChI=1S/C17H19N3O3.ClH/c1-20(14-7-8-18-11-14)17(22)12-4-2-5-13(10-12)19-16(21)15-6-3-9-23-15;/h2-6,9-10,14,18H,7-8,11H2,1H3,(H,19,21);1H. The van der Waals surface area contributed by atoms with Crippen molar-refractivity contribution < 1.29 is 14.0 Å². The minimum atomic E-state index is -0.340. The van der Waals surface area contributed by atoms with Gasteiger partial charge in [-0.05, 0) is 43.3 Å². The SMILES string of the molecule is CN(C(=O)c1cccc(NC(=O)c2ccco2)c1)C1CCNC1.Cl. The van der Waals surface area contributed by atoms with E-state index < -0.39 is 0 Å². The topological polar surface area (TPSA) is 74.6 Å². The maximum atomic E-state index is 12.6. The highest BCUT2D eigenvalue weighted by molar-refractivity contribution is 6.03. The summed E-state index contributed by atoms with van der Waals surface area (Å²) < 4.78 is 5.06. The molecule has 1 atom stereocenters. The van der Waals surface area contributed by atoms with Gasteiger partial charge in [0.05, 0.1) is 6.26 Å². The van der Waals surface area contributed by atoms with Gasteiger partial charge in [-0.1, -0.05) is 6.07 Å². The number of benzene rings is 1. The second kappa shape index (κ2) is 7.99. The molecule has 0 saturated carbocycles. The van der Waals surface area contributed by atoms with Crippen molar-refractivity contribution in [2.24, 2.45) is 0 Å². The number of carbonyl (C=O) groups is 2. The van der Waals surface area contributed by atoms with Crippen LogP contribution in [0.25, 0.3) is 0 Å². The number of carbonyl (C=O) groups excluding carboxylic acids is 2. The molecule has 1 saturated heterocycles. The summed E-state index contributed by atoms with van der Waals surface area (Å²) in [4.78, 5) is 26.3. The van der Waals surface area contributed by atoms with Crippen LogP contribution in [-0.4, -0.2) is 42.9 Å². The first-order valence-electron chi connectivity index (χ1n) is 7.58. The van der Waals surface area contributed by atoms with Crippen LogP contribution in [0.5, 0.6) is 0 Å². The second-order valence-electron chi connectivity index (χ2n) is 5.57. The molecule has 7 heteroatoms. The fourth-order valence-corrected chi connectivity index (χ4v) is 2.67. The molecule has 1 aromatic carbocycles. The lowest BCUT2D eigenvalue weighted by Gasteiger charge is -2.24. The van der Waals surface area contributed by atoms with Gasteiger partial charge in [-0.3, -0.25) is 9.59 Å². The number of furan rings is 1.